The van der Waals surface area contributed by atoms with Gasteiger partial charge in [-0.05, 0) is 51.0 Å². The molecule has 0 fully saturated rings. The molecule has 3 heterocycles. The maximum Gasteiger partial charge on any atom is 0.255 e. The molecule has 27 heavy (non-hydrogen) atoms. The molecule has 0 saturated heterocycles. The summed E-state index contributed by atoms with van der Waals surface area (Å²) in [5.74, 6) is 2.25. The topological polar surface area (TPSA) is 58.6 Å². The summed E-state index contributed by atoms with van der Waals surface area (Å²) in [6.45, 7) is 7.03. The van der Waals surface area contributed by atoms with Gasteiger partial charge in [0.25, 0.3) is 5.91 Å². The summed E-state index contributed by atoms with van der Waals surface area (Å²) in [5, 5.41) is 2.97. The van der Waals surface area contributed by atoms with Gasteiger partial charge in [0, 0.05) is 23.8 Å². The van der Waals surface area contributed by atoms with Crippen LogP contribution in [0.3, 0.4) is 0 Å². The molecule has 2 aromatic heterocycles. The van der Waals surface area contributed by atoms with Gasteiger partial charge in [-0.2, -0.15) is 0 Å². The number of amides is 1. The molecule has 5 heteroatoms. The minimum atomic E-state index is -0.128. The van der Waals surface area contributed by atoms with E-state index in [0.717, 1.165) is 23.5 Å². The summed E-state index contributed by atoms with van der Waals surface area (Å²) in [5.41, 5.74) is 4.14. The van der Waals surface area contributed by atoms with Crippen LogP contribution in [0.2, 0.25) is 0 Å². The van der Waals surface area contributed by atoms with Gasteiger partial charge in [0.2, 0.25) is 0 Å². The molecule has 0 aliphatic carbocycles. The molecule has 1 aliphatic heterocycles. The summed E-state index contributed by atoms with van der Waals surface area (Å²) < 4.78 is 11.2. The van der Waals surface area contributed by atoms with Crippen molar-refractivity contribution in [2.75, 3.05) is 4.90 Å². The number of hydrogen-bond donors (Lipinski definition) is 1. The second kappa shape index (κ2) is 6.99. The van der Waals surface area contributed by atoms with Crippen molar-refractivity contribution in [3.05, 3.63) is 76.6 Å². The van der Waals surface area contributed by atoms with Crippen LogP contribution in [0.5, 0.6) is 0 Å². The average Bonchev–Trinajstić information content (AvgIpc) is 3.32. The molecule has 3 aromatic rings. The van der Waals surface area contributed by atoms with Crippen LogP contribution in [-0.2, 0) is 19.5 Å². The Balaban J connectivity index is 1.48. The lowest BCUT2D eigenvalue weighted by Gasteiger charge is -2.24. The second-order valence-electron chi connectivity index (χ2n) is 7.19. The van der Waals surface area contributed by atoms with Crippen LogP contribution in [0.4, 0.5) is 5.69 Å². The van der Waals surface area contributed by atoms with Gasteiger partial charge < -0.3 is 19.1 Å². The molecule has 1 unspecified atom stereocenters. The highest BCUT2D eigenvalue weighted by molar-refractivity contribution is 5.95. The number of fused-ring (bicyclic) bond motifs is 1. The zero-order valence-electron chi connectivity index (χ0n) is 15.9. The molecular weight excluding hydrogens is 340 g/mol. The van der Waals surface area contributed by atoms with Gasteiger partial charge in [-0.25, -0.2) is 0 Å². The van der Waals surface area contributed by atoms with Gasteiger partial charge in [0.15, 0.2) is 0 Å². The first kappa shape index (κ1) is 17.5. The number of carbonyl (C=O) groups is 1. The van der Waals surface area contributed by atoms with Crippen LogP contribution in [-0.4, -0.2) is 11.9 Å². The van der Waals surface area contributed by atoms with E-state index in [1.165, 1.54) is 11.3 Å². The molecule has 0 radical (unpaired) electrons. The van der Waals surface area contributed by atoms with Crippen molar-refractivity contribution in [1.82, 2.24) is 5.32 Å². The maximum absolute atomic E-state index is 12.7. The Bertz CT molecular complexity index is 970. The van der Waals surface area contributed by atoms with Gasteiger partial charge in [0.05, 0.1) is 18.4 Å². The summed E-state index contributed by atoms with van der Waals surface area (Å²) in [6, 6.07) is 12.5. The van der Waals surface area contributed by atoms with E-state index < -0.39 is 0 Å². The van der Waals surface area contributed by atoms with Crippen LogP contribution in [0.1, 0.15) is 45.7 Å². The summed E-state index contributed by atoms with van der Waals surface area (Å²) in [7, 11) is 0. The average molecular weight is 364 g/mol. The number of benzene rings is 1. The van der Waals surface area contributed by atoms with E-state index in [2.05, 4.69) is 41.4 Å². The largest absolute Gasteiger partial charge is 0.467 e. The minimum absolute atomic E-state index is 0.128. The van der Waals surface area contributed by atoms with Gasteiger partial charge in [0.1, 0.15) is 17.3 Å². The zero-order valence-corrected chi connectivity index (χ0v) is 15.9. The van der Waals surface area contributed by atoms with Crippen molar-refractivity contribution < 1.29 is 13.6 Å². The molecule has 1 amide bonds. The number of carbonyl (C=O) groups excluding carboxylic acids is 1. The number of hydrogen-bond acceptors (Lipinski definition) is 4. The van der Waals surface area contributed by atoms with E-state index in [1.807, 2.05) is 19.9 Å². The lowest BCUT2D eigenvalue weighted by atomic mass is 10.1. The molecule has 5 nitrogen and oxygen atoms in total. The monoisotopic (exact) mass is 364 g/mol. The van der Waals surface area contributed by atoms with Crippen molar-refractivity contribution in [1.29, 1.82) is 0 Å². The SMILES string of the molecule is Cc1cc(CNC(=O)c2ccoc2CN2c3ccccc3CC2C)c(C)o1. The fourth-order valence-corrected chi connectivity index (χ4v) is 3.82. The van der Waals surface area contributed by atoms with Crippen LogP contribution in [0, 0.1) is 13.8 Å². The summed E-state index contributed by atoms with van der Waals surface area (Å²) >= 11 is 0. The Labute approximate surface area is 159 Å². The molecular formula is C22H24N2O3. The minimum Gasteiger partial charge on any atom is -0.467 e. The molecule has 0 saturated carbocycles. The van der Waals surface area contributed by atoms with E-state index in [9.17, 15) is 4.79 Å². The summed E-state index contributed by atoms with van der Waals surface area (Å²) in [6.07, 6.45) is 2.60. The first-order valence-corrected chi connectivity index (χ1v) is 9.28. The fourth-order valence-electron chi connectivity index (χ4n) is 3.82. The summed E-state index contributed by atoms with van der Waals surface area (Å²) in [4.78, 5) is 15.0. The predicted octanol–water partition coefficient (Wildman–Crippen LogP) is 4.37. The maximum atomic E-state index is 12.7. The Morgan fingerprint density at radius 3 is 2.85 bits per heavy atom. The van der Waals surface area contributed by atoms with Crippen molar-refractivity contribution in [3.8, 4) is 0 Å². The van der Waals surface area contributed by atoms with Gasteiger partial charge >= 0.3 is 0 Å². The normalized spacial score (nSPS) is 15.8. The first-order valence-electron chi connectivity index (χ1n) is 9.28. The zero-order chi connectivity index (χ0) is 19.0. The molecule has 1 aliphatic rings. The van der Waals surface area contributed by atoms with Gasteiger partial charge in [-0.15, -0.1) is 0 Å². The molecule has 140 valence electrons. The quantitative estimate of drug-likeness (QED) is 0.730. The molecule has 1 aromatic carbocycles. The number of anilines is 1. The van der Waals surface area contributed by atoms with Crippen LogP contribution in [0.25, 0.3) is 0 Å². The van der Waals surface area contributed by atoms with Crippen LogP contribution in [0.15, 0.2) is 51.5 Å². The first-order chi connectivity index (χ1) is 13.0. The van der Waals surface area contributed by atoms with Gasteiger partial charge in [-0.3, -0.25) is 4.79 Å². The van der Waals surface area contributed by atoms with E-state index >= 15 is 0 Å². The predicted molar refractivity (Wildman–Crippen MR) is 104 cm³/mol. The van der Waals surface area contributed by atoms with E-state index in [1.54, 1.807) is 12.3 Å². The number of nitrogens with one attached hydrogen (secondary N) is 1. The molecule has 1 N–H and O–H groups in total. The van der Waals surface area contributed by atoms with Crippen molar-refractivity contribution in [2.24, 2.45) is 0 Å². The highest BCUT2D eigenvalue weighted by Gasteiger charge is 2.28. The fraction of sp³-hybridized carbons (Fsp3) is 0.318. The Hall–Kier alpha value is -2.95. The Morgan fingerprint density at radius 1 is 1.26 bits per heavy atom. The van der Waals surface area contributed by atoms with Crippen molar-refractivity contribution in [2.45, 2.75) is 46.3 Å². The number of nitrogens with zero attached hydrogens (tertiary/aromatic N) is 1. The van der Waals surface area contributed by atoms with E-state index in [0.29, 0.717) is 30.5 Å². The molecule has 4 rings (SSSR count). The Kier molecular flexibility index (Phi) is 4.52. The van der Waals surface area contributed by atoms with E-state index in [-0.39, 0.29) is 5.91 Å². The second-order valence-corrected chi connectivity index (χ2v) is 7.19. The highest BCUT2D eigenvalue weighted by Crippen LogP contribution is 2.33. The van der Waals surface area contributed by atoms with E-state index in [4.69, 9.17) is 8.83 Å². The van der Waals surface area contributed by atoms with Gasteiger partial charge in [-0.1, -0.05) is 18.2 Å². The third kappa shape index (κ3) is 3.37. The number of para-hydroxylation sites is 1. The van der Waals surface area contributed by atoms with Crippen LogP contribution < -0.4 is 10.2 Å². The van der Waals surface area contributed by atoms with Crippen molar-refractivity contribution in [3.63, 3.8) is 0 Å². The Morgan fingerprint density at radius 2 is 2.07 bits per heavy atom. The number of furan rings is 2. The molecule has 1 atom stereocenters. The number of aryl methyl sites for hydroxylation is 2. The third-order valence-electron chi connectivity index (χ3n) is 5.24. The molecule has 0 spiro atoms. The van der Waals surface area contributed by atoms with Crippen LogP contribution >= 0.6 is 0 Å². The standard InChI is InChI=1S/C22H24N2O3/c1-14-10-17-6-4-5-7-20(17)24(14)13-21-19(8-9-26-21)22(25)23-12-18-11-15(2)27-16(18)3/h4-9,11,14H,10,12-13H2,1-3H3,(H,23,25). The third-order valence-corrected chi connectivity index (χ3v) is 5.24. The lowest BCUT2D eigenvalue weighted by molar-refractivity contribution is 0.0948. The number of rotatable bonds is 5. The lowest BCUT2D eigenvalue weighted by Crippen LogP contribution is -2.30. The molecule has 0 bridgehead atoms. The highest BCUT2D eigenvalue weighted by atomic mass is 16.3. The smallest absolute Gasteiger partial charge is 0.255 e. The van der Waals surface area contributed by atoms with Crippen molar-refractivity contribution >= 4 is 11.6 Å².